The number of halogens is 1. The predicted molar refractivity (Wildman–Crippen MR) is 60.7 cm³/mol. The number of aliphatic hydroxyl groups excluding tert-OH is 1. The lowest BCUT2D eigenvalue weighted by molar-refractivity contribution is -0.294. The molecule has 1 unspecified atom stereocenters. The van der Waals surface area contributed by atoms with Gasteiger partial charge in [-0.25, -0.2) is 0 Å². The van der Waals surface area contributed by atoms with Crippen LogP contribution < -0.4 is 0 Å². The van der Waals surface area contributed by atoms with Crippen molar-refractivity contribution in [3.8, 4) is 0 Å². The SMILES string of the molecule is CCCO[C@@H]1[C@@H](OC)[C@@H](OC)C(O)O[C@H]1C.F. The van der Waals surface area contributed by atoms with E-state index < -0.39 is 12.4 Å². The Hall–Kier alpha value is -0.270. The molecule has 0 radical (unpaired) electrons. The first-order valence-electron chi connectivity index (χ1n) is 5.66. The number of ether oxygens (including phenoxy) is 4. The van der Waals surface area contributed by atoms with E-state index >= 15 is 0 Å². The van der Waals surface area contributed by atoms with Crippen LogP contribution in [0.5, 0.6) is 0 Å². The molecule has 0 saturated carbocycles. The fourth-order valence-electron chi connectivity index (χ4n) is 1.99. The molecule has 0 spiro atoms. The number of rotatable bonds is 5. The van der Waals surface area contributed by atoms with Crippen LogP contribution in [-0.4, -0.2) is 56.6 Å². The minimum Gasteiger partial charge on any atom is -0.376 e. The van der Waals surface area contributed by atoms with Gasteiger partial charge >= 0.3 is 0 Å². The van der Waals surface area contributed by atoms with Gasteiger partial charge in [-0.1, -0.05) is 6.92 Å². The van der Waals surface area contributed by atoms with Gasteiger partial charge in [0.1, 0.15) is 18.3 Å². The molecule has 1 aliphatic rings. The monoisotopic (exact) mass is 254 g/mol. The van der Waals surface area contributed by atoms with Crippen molar-refractivity contribution in [1.29, 1.82) is 0 Å². The van der Waals surface area contributed by atoms with Gasteiger partial charge in [0.15, 0.2) is 6.29 Å². The Labute approximate surface area is 101 Å². The molecule has 0 aromatic rings. The van der Waals surface area contributed by atoms with Crippen LogP contribution in [-0.2, 0) is 18.9 Å². The van der Waals surface area contributed by atoms with Crippen LogP contribution in [0.1, 0.15) is 20.3 Å². The molecule has 1 rings (SSSR count). The molecule has 1 fully saturated rings. The molecule has 1 N–H and O–H groups in total. The molecule has 5 nitrogen and oxygen atoms in total. The third-order valence-electron chi connectivity index (χ3n) is 2.80. The van der Waals surface area contributed by atoms with E-state index in [1.807, 2.05) is 13.8 Å². The minimum atomic E-state index is -0.966. The van der Waals surface area contributed by atoms with Gasteiger partial charge in [-0.05, 0) is 13.3 Å². The first-order valence-corrected chi connectivity index (χ1v) is 5.66. The Morgan fingerprint density at radius 1 is 1.12 bits per heavy atom. The number of hydrogen-bond acceptors (Lipinski definition) is 5. The summed E-state index contributed by atoms with van der Waals surface area (Å²) in [5, 5.41) is 9.70. The van der Waals surface area contributed by atoms with Crippen LogP contribution in [0, 0.1) is 0 Å². The maximum atomic E-state index is 9.70. The van der Waals surface area contributed by atoms with Crippen LogP contribution in [0.15, 0.2) is 0 Å². The second-order valence-electron chi connectivity index (χ2n) is 3.97. The van der Waals surface area contributed by atoms with Gasteiger partial charge in [-0.2, -0.15) is 0 Å². The summed E-state index contributed by atoms with van der Waals surface area (Å²) in [6, 6.07) is 0. The second kappa shape index (κ2) is 7.94. The highest BCUT2D eigenvalue weighted by Gasteiger charge is 2.44. The zero-order valence-corrected chi connectivity index (χ0v) is 10.8. The van der Waals surface area contributed by atoms with E-state index in [0.29, 0.717) is 6.61 Å². The standard InChI is InChI=1S/C11H22O5.FH/c1-5-6-15-8-7(2)16-11(12)10(14-4)9(8)13-3;/h7-12H,5-6H2,1-4H3;1H/t7-,8-,9+,10+,11?;/m0./s1. The Morgan fingerprint density at radius 2 is 1.71 bits per heavy atom. The molecule has 5 atom stereocenters. The number of hydrogen-bond donors (Lipinski definition) is 1. The molecule has 104 valence electrons. The normalized spacial score (nSPS) is 37.6. The van der Waals surface area contributed by atoms with Crippen LogP contribution in [0.25, 0.3) is 0 Å². The molecule has 1 heterocycles. The average molecular weight is 254 g/mol. The maximum absolute atomic E-state index is 9.70. The molecule has 0 aliphatic carbocycles. The highest BCUT2D eigenvalue weighted by molar-refractivity contribution is 4.90. The van der Waals surface area contributed by atoms with Gasteiger partial charge in [0.2, 0.25) is 0 Å². The van der Waals surface area contributed by atoms with Crippen LogP contribution in [0.2, 0.25) is 0 Å². The lowest BCUT2D eigenvalue weighted by Gasteiger charge is -2.42. The van der Waals surface area contributed by atoms with Crippen molar-refractivity contribution < 1.29 is 28.8 Å². The highest BCUT2D eigenvalue weighted by Crippen LogP contribution is 2.26. The summed E-state index contributed by atoms with van der Waals surface area (Å²) >= 11 is 0. The van der Waals surface area contributed by atoms with Crippen LogP contribution in [0.4, 0.5) is 4.70 Å². The fraction of sp³-hybridized carbons (Fsp3) is 1.00. The van der Waals surface area contributed by atoms with Gasteiger partial charge in [0.25, 0.3) is 0 Å². The van der Waals surface area contributed by atoms with Crippen LogP contribution in [0.3, 0.4) is 0 Å². The van der Waals surface area contributed by atoms with Crippen molar-refractivity contribution in [1.82, 2.24) is 0 Å². The Kier molecular flexibility index (Phi) is 7.82. The largest absolute Gasteiger partial charge is 0.376 e. The summed E-state index contributed by atoms with van der Waals surface area (Å²) < 4.78 is 21.6. The smallest absolute Gasteiger partial charge is 0.184 e. The third-order valence-corrected chi connectivity index (χ3v) is 2.80. The van der Waals surface area contributed by atoms with E-state index in [0.717, 1.165) is 6.42 Å². The lowest BCUT2D eigenvalue weighted by atomic mass is 9.99. The molecule has 1 saturated heterocycles. The number of methoxy groups -OCH3 is 2. The van der Waals surface area contributed by atoms with E-state index in [1.165, 1.54) is 7.11 Å². The maximum Gasteiger partial charge on any atom is 0.184 e. The highest BCUT2D eigenvalue weighted by atomic mass is 19.0. The van der Waals surface area contributed by atoms with Crippen molar-refractivity contribution in [3.63, 3.8) is 0 Å². The Morgan fingerprint density at radius 3 is 2.18 bits per heavy atom. The quantitative estimate of drug-likeness (QED) is 0.782. The van der Waals surface area contributed by atoms with E-state index in [9.17, 15) is 5.11 Å². The zero-order valence-electron chi connectivity index (χ0n) is 10.8. The molecule has 0 aromatic carbocycles. The molecule has 0 aromatic heterocycles. The topological polar surface area (TPSA) is 57.2 Å². The van der Waals surface area contributed by atoms with Crippen molar-refractivity contribution in [2.75, 3.05) is 20.8 Å². The van der Waals surface area contributed by atoms with Gasteiger partial charge in [0, 0.05) is 20.8 Å². The first kappa shape index (κ1) is 16.7. The van der Waals surface area contributed by atoms with E-state index in [1.54, 1.807) is 7.11 Å². The summed E-state index contributed by atoms with van der Waals surface area (Å²) in [6.45, 7) is 4.55. The summed E-state index contributed by atoms with van der Waals surface area (Å²) in [6.07, 6.45) is -1.28. The molecule has 1 aliphatic heterocycles. The summed E-state index contributed by atoms with van der Waals surface area (Å²) in [5.41, 5.74) is 0. The van der Waals surface area contributed by atoms with Gasteiger partial charge in [-0.15, -0.1) is 0 Å². The Balaban J connectivity index is 0.00000256. The van der Waals surface area contributed by atoms with E-state index in [4.69, 9.17) is 18.9 Å². The molecule has 6 heteroatoms. The molecular formula is C11H23FO5. The summed E-state index contributed by atoms with van der Waals surface area (Å²) in [7, 11) is 3.11. The third kappa shape index (κ3) is 3.86. The Bertz CT molecular complexity index is 204. The molecule has 0 amide bonds. The van der Waals surface area contributed by atoms with E-state index in [-0.39, 0.29) is 23.0 Å². The zero-order chi connectivity index (χ0) is 12.1. The van der Waals surface area contributed by atoms with Gasteiger partial charge in [-0.3, -0.25) is 4.70 Å². The minimum absolute atomic E-state index is 0. The average Bonchev–Trinajstić information content (AvgIpc) is 2.27. The first-order chi connectivity index (χ1) is 7.65. The summed E-state index contributed by atoms with van der Waals surface area (Å²) in [5.74, 6) is 0. The summed E-state index contributed by atoms with van der Waals surface area (Å²) in [4.78, 5) is 0. The molecule has 17 heavy (non-hydrogen) atoms. The predicted octanol–water partition coefficient (Wildman–Crippen LogP) is 0.701. The van der Waals surface area contributed by atoms with Gasteiger partial charge in [0.05, 0.1) is 6.10 Å². The van der Waals surface area contributed by atoms with Crippen molar-refractivity contribution in [2.45, 2.75) is 51.0 Å². The fourth-order valence-corrected chi connectivity index (χ4v) is 1.99. The second-order valence-corrected chi connectivity index (χ2v) is 3.97. The van der Waals surface area contributed by atoms with Gasteiger partial charge < -0.3 is 24.1 Å². The molecule has 0 bridgehead atoms. The van der Waals surface area contributed by atoms with Crippen molar-refractivity contribution >= 4 is 0 Å². The number of aliphatic hydroxyl groups is 1. The van der Waals surface area contributed by atoms with E-state index in [2.05, 4.69) is 0 Å². The van der Waals surface area contributed by atoms with Crippen LogP contribution >= 0.6 is 0 Å². The van der Waals surface area contributed by atoms with Crippen molar-refractivity contribution in [2.24, 2.45) is 0 Å². The molecular weight excluding hydrogens is 231 g/mol. The lowest BCUT2D eigenvalue weighted by Crippen LogP contribution is -2.58. The van der Waals surface area contributed by atoms with Crippen molar-refractivity contribution in [3.05, 3.63) is 0 Å².